The summed E-state index contributed by atoms with van der Waals surface area (Å²) in [7, 11) is -3.25. The molecular weight excluding hydrogens is 226 g/mol. The molecule has 1 aromatic carbocycles. The largest absolute Gasteiger partial charge is 0.508 e. The highest BCUT2D eigenvalue weighted by atomic mass is 32.2. The Balaban J connectivity index is 2.97. The SMILES string of the molecule is CCCCN(c1ccc(O)cc1)S(C)(=O)=O. The van der Waals surface area contributed by atoms with E-state index in [0.29, 0.717) is 12.2 Å². The molecule has 90 valence electrons. The van der Waals surface area contributed by atoms with Gasteiger partial charge in [-0.25, -0.2) is 8.42 Å². The molecule has 0 saturated carbocycles. The van der Waals surface area contributed by atoms with E-state index >= 15 is 0 Å². The second-order valence-corrected chi connectivity index (χ2v) is 5.61. The van der Waals surface area contributed by atoms with Crippen LogP contribution >= 0.6 is 0 Å². The van der Waals surface area contributed by atoms with Crippen molar-refractivity contribution in [3.63, 3.8) is 0 Å². The first kappa shape index (κ1) is 12.8. The van der Waals surface area contributed by atoms with Crippen LogP contribution in [0.2, 0.25) is 0 Å². The Morgan fingerprint density at radius 1 is 1.25 bits per heavy atom. The summed E-state index contributed by atoms with van der Waals surface area (Å²) in [6, 6.07) is 6.18. The van der Waals surface area contributed by atoms with Crippen LogP contribution in [0.4, 0.5) is 5.69 Å². The molecule has 0 saturated heterocycles. The van der Waals surface area contributed by atoms with Gasteiger partial charge in [0.2, 0.25) is 10.0 Å². The van der Waals surface area contributed by atoms with Crippen LogP contribution in [0.3, 0.4) is 0 Å². The smallest absolute Gasteiger partial charge is 0.232 e. The first-order valence-corrected chi connectivity index (χ1v) is 7.06. The van der Waals surface area contributed by atoms with Crippen molar-refractivity contribution in [1.82, 2.24) is 0 Å². The molecule has 0 aromatic heterocycles. The van der Waals surface area contributed by atoms with Gasteiger partial charge in [0, 0.05) is 6.54 Å². The van der Waals surface area contributed by atoms with Gasteiger partial charge in [-0.15, -0.1) is 0 Å². The summed E-state index contributed by atoms with van der Waals surface area (Å²) in [5, 5.41) is 9.15. The summed E-state index contributed by atoms with van der Waals surface area (Å²) in [4.78, 5) is 0. The monoisotopic (exact) mass is 243 g/mol. The summed E-state index contributed by atoms with van der Waals surface area (Å²) in [5.41, 5.74) is 0.591. The summed E-state index contributed by atoms with van der Waals surface area (Å²) in [5.74, 6) is 0.132. The molecule has 0 unspecified atom stereocenters. The molecule has 1 aromatic rings. The molecule has 0 amide bonds. The number of benzene rings is 1. The lowest BCUT2D eigenvalue weighted by atomic mass is 10.3. The average Bonchev–Trinajstić information content (AvgIpc) is 2.19. The van der Waals surface area contributed by atoms with E-state index in [2.05, 4.69) is 0 Å². The van der Waals surface area contributed by atoms with Gasteiger partial charge in [-0.05, 0) is 30.7 Å². The Hall–Kier alpha value is -1.23. The molecule has 1 rings (SSSR count). The predicted molar refractivity (Wildman–Crippen MR) is 65.2 cm³/mol. The Bertz CT molecular complexity index is 425. The maximum atomic E-state index is 11.6. The van der Waals surface area contributed by atoms with E-state index in [9.17, 15) is 8.42 Å². The number of nitrogens with zero attached hydrogens (tertiary/aromatic N) is 1. The zero-order valence-corrected chi connectivity index (χ0v) is 10.4. The molecule has 5 heteroatoms. The molecule has 0 heterocycles. The summed E-state index contributed by atoms with van der Waals surface area (Å²) >= 11 is 0. The van der Waals surface area contributed by atoms with Crippen molar-refractivity contribution in [3.05, 3.63) is 24.3 Å². The van der Waals surface area contributed by atoms with Crippen LogP contribution in [0.25, 0.3) is 0 Å². The van der Waals surface area contributed by atoms with Gasteiger partial charge in [-0.1, -0.05) is 13.3 Å². The van der Waals surface area contributed by atoms with Gasteiger partial charge in [0.05, 0.1) is 11.9 Å². The highest BCUT2D eigenvalue weighted by Crippen LogP contribution is 2.21. The van der Waals surface area contributed by atoms with Crippen LogP contribution in [0, 0.1) is 0 Å². The standard InChI is InChI=1S/C11H17NO3S/c1-3-4-9-12(16(2,14)15)10-5-7-11(13)8-6-10/h5-8,13H,3-4,9H2,1-2H3. The van der Waals surface area contributed by atoms with Gasteiger partial charge < -0.3 is 5.11 Å². The average molecular weight is 243 g/mol. The lowest BCUT2D eigenvalue weighted by Gasteiger charge is -2.22. The third-order valence-corrected chi connectivity index (χ3v) is 3.45. The molecule has 0 fully saturated rings. The van der Waals surface area contributed by atoms with Gasteiger partial charge in [-0.3, -0.25) is 4.31 Å². The Morgan fingerprint density at radius 3 is 2.25 bits per heavy atom. The second kappa shape index (κ2) is 5.21. The highest BCUT2D eigenvalue weighted by Gasteiger charge is 2.16. The fourth-order valence-electron chi connectivity index (χ4n) is 1.41. The third kappa shape index (κ3) is 3.41. The number of phenolic OH excluding ortho intramolecular Hbond substituents is 1. The minimum atomic E-state index is -3.25. The molecule has 4 nitrogen and oxygen atoms in total. The first-order valence-electron chi connectivity index (χ1n) is 5.22. The van der Waals surface area contributed by atoms with Gasteiger partial charge in [-0.2, -0.15) is 0 Å². The number of anilines is 1. The van der Waals surface area contributed by atoms with Gasteiger partial charge in [0.1, 0.15) is 5.75 Å². The highest BCUT2D eigenvalue weighted by molar-refractivity contribution is 7.92. The molecule has 0 radical (unpaired) electrons. The van der Waals surface area contributed by atoms with Crippen LogP contribution < -0.4 is 4.31 Å². The molecule has 0 aliphatic carbocycles. The van der Waals surface area contributed by atoms with Gasteiger partial charge in [0.25, 0.3) is 0 Å². The number of aromatic hydroxyl groups is 1. The van der Waals surface area contributed by atoms with Crippen molar-refractivity contribution in [1.29, 1.82) is 0 Å². The minimum absolute atomic E-state index is 0.132. The topological polar surface area (TPSA) is 57.6 Å². The van der Waals surface area contributed by atoms with E-state index in [1.807, 2.05) is 6.92 Å². The van der Waals surface area contributed by atoms with E-state index in [-0.39, 0.29) is 5.75 Å². The predicted octanol–water partition coefficient (Wildman–Crippen LogP) is 1.96. The van der Waals surface area contributed by atoms with E-state index < -0.39 is 10.0 Å². The second-order valence-electron chi connectivity index (χ2n) is 3.71. The Labute approximate surface area is 96.6 Å². The number of hydrogen-bond donors (Lipinski definition) is 1. The normalized spacial score (nSPS) is 11.4. The maximum absolute atomic E-state index is 11.6. The van der Waals surface area contributed by atoms with Crippen molar-refractivity contribution in [3.8, 4) is 5.75 Å². The Morgan fingerprint density at radius 2 is 1.81 bits per heavy atom. The molecule has 16 heavy (non-hydrogen) atoms. The zero-order valence-electron chi connectivity index (χ0n) is 9.55. The quantitative estimate of drug-likeness (QED) is 0.860. The first-order chi connectivity index (χ1) is 7.45. The number of rotatable bonds is 5. The summed E-state index contributed by atoms with van der Waals surface area (Å²) < 4.78 is 24.5. The van der Waals surface area contributed by atoms with Crippen molar-refractivity contribution < 1.29 is 13.5 Å². The van der Waals surface area contributed by atoms with Crippen molar-refractivity contribution in [2.75, 3.05) is 17.1 Å². The van der Waals surface area contributed by atoms with Crippen LogP contribution in [0.15, 0.2) is 24.3 Å². The van der Waals surface area contributed by atoms with E-state index in [1.165, 1.54) is 22.7 Å². The fraction of sp³-hybridized carbons (Fsp3) is 0.455. The van der Waals surface area contributed by atoms with E-state index in [0.717, 1.165) is 12.8 Å². The van der Waals surface area contributed by atoms with Crippen molar-refractivity contribution >= 4 is 15.7 Å². The van der Waals surface area contributed by atoms with Gasteiger partial charge >= 0.3 is 0 Å². The fourth-order valence-corrected chi connectivity index (χ4v) is 2.37. The van der Waals surface area contributed by atoms with Gasteiger partial charge in [0.15, 0.2) is 0 Å². The van der Waals surface area contributed by atoms with Crippen LogP contribution in [0.5, 0.6) is 5.75 Å². The van der Waals surface area contributed by atoms with Crippen LogP contribution in [0.1, 0.15) is 19.8 Å². The van der Waals surface area contributed by atoms with E-state index in [1.54, 1.807) is 12.1 Å². The lowest BCUT2D eigenvalue weighted by molar-refractivity contribution is 0.475. The number of phenols is 1. The molecule has 0 spiro atoms. The number of unbranched alkanes of at least 4 members (excludes halogenated alkanes) is 1. The number of hydrogen-bond acceptors (Lipinski definition) is 3. The molecule has 0 aliphatic rings. The van der Waals surface area contributed by atoms with Crippen molar-refractivity contribution in [2.24, 2.45) is 0 Å². The minimum Gasteiger partial charge on any atom is -0.508 e. The van der Waals surface area contributed by atoms with Crippen LogP contribution in [-0.4, -0.2) is 26.3 Å². The van der Waals surface area contributed by atoms with E-state index in [4.69, 9.17) is 5.11 Å². The van der Waals surface area contributed by atoms with Crippen LogP contribution in [-0.2, 0) is 10.0 Å². The van der Waals surface area contributed by atoms with Crippen molar-refractivity contribution in [2.45, 2.75) is 19.8 Å². The molecule has 0 aliphatic heterocycles. The maximum Gasteiger partial charge on any atom is 0.232 e. The number of sulfonamides is 1. The lowest BCUT2D eigenvalue weighted by Crippen LogP contribution is -2.30. The third-order valence-electron chi connectivity index (χ3n) is 2.25. The molecular formula is C11H17NO3S. The molecule has 1 N–H and O–H groups in total. The summed E-state index contributed by atoms with van der Waals surface area (Å²) in [6.45, 7) is 2.48. The summed E-state index contributed by atoms with van der Waals surface area (Å²) in [6.07, 6.45) is 2.94. The zero-order chi connectivity index (χ0) is 12.2. The molecule has 0 bridgehead atoms. The molecule has 0 atom stereocenters. The Kier molecular flexibility index (Phi) is 4.18.